The number of hydrogen-bond acceptors (Lipinski definition) is 2. The van der Waals surface area contributed by atoms with Gasteiger partial charge >= 0.3 is 0 Å². The van der Waals surface area contributed by atoms with Crippen molar-refractivity contribution in [3.63, 3.8) is 0 Å². The lowest BCUT2D eigenvalue weighted by Gasteiger charge is -2.36. The van der Waals surface area contributed by atoms with Gasteiger partial charge in [-0.15, -0.1) is 0 Å². The van der Waals surface area contributed by atoms with Crippen LogP contribution in [0.5, 0.6) is 0 Å². The van der Waals surface area contributed by atoms with Crippen LogP contribution in [-0.4, -0.2) is 24.0 Å². The summed E-state index contributed by atoms with van der Waals surface area (Å²) in [5, 5.41) is 8.85. The molecule has 0 aliphatic carbocycles. The number of nitriles is 1. The fourth-order valence-electron chi connectivity index (χ4n) is 1.90. The average molecular weight is 180 g/mol. The topological polar surface area (TPSA) is 27.0 Å². The van der Waals surface area contributed by atoms with E-state index in [9.17, 15) is 0 Å². The summed E-state index contributed by atoms with van der Waals surface area (Å²) in [6.07, 6.45) is 2.28. The van der Waals surface area contributed by atoms with E-state index in [2.05, 4.69) is 31.7 Å². The van der Waals surface area contributed by atoms with Crippen LogP contribution in [0.1, 0.15) is 33.6 Å². The number of likely N-dealkylation sites (tertiary alicyclic amines) is 1. The van der Waals surface area contributed by atoms with Crippen molar-refractivity contribution in [2.45, 2.75) is 39.7 Å². The van der Waals surface area contributed by atoms with Crippen molar-refractivity contribution in [2.75, 3.05) is 13.1 Å². The Labute approximate surface area is 81.5 Å². The van der Waals surface area contributed by atoms with Gasteiger partial charge in [0.05, 0.1) is 12.0 Å². The standard InChI is InChI=1S/C11H20N2/c1-9(2)10(3)13-6-4-5-11(7-12)8-13/h9-11H,4-6,8H2,1-3H3. The van der Waals surface area contributed by atoms with Gasteiger partial charge in [0.1, 0.15) is 0 Å². The van der Waals surface area contributed by atoms with Gasteiger partial charge in [-0.1, -0.05) is 13.8 Å². The quantitative estimate of drug-likeness (QED) is 0.652. The Morgan fingerprint density at radius 3 is 2.62 bits per heavy atom. The summed E-state index contributed by atoms with van der Waals surface area (Å²) in [6.45, 7) is 8.93. The molecule has 1 aliphatic heterocycles. The molecule has 0 aromatic carbocycles. The maximum Gasteiger partial charge on any atom is 0.0669 e. The van der Waals surface area contributed by atoms with Gasteiger partial charge in [-0.2, -0.15) is 5.26 Å². The summed E-state index contributed by atoms with van der Waals surface area (Å²) in [5.74, 6) is 0.965. The highest BCUT2D eigenvalue weighted by Crippen LogP contribution is 2.20. The Bertz CT molecular complexity index is 193. The normalized spacial score (nSPS) is 27.2. The van der Waals surface area contributed by atoms with Gasteiger partial charge < -0.3 is 0 Å². The molecule has 0 spiro atoms. The number of hydrogen-bond donors (Lipinski definition) is 0. The molecule has 13 heavy (non-hydrogen) atoms. The summed E-state index contributed by atoms with van der Waals surface area (Å²) in [7, 11) is 0. The largest absolute Gasteiger partial charge is 0.299 e. The molecular weight excluding hydrogens is 160 g/mol. The first kappa shape index (κ1) is 10.5. The molecule has 1 heterocycles. The highest BCUT2D eigenvalue weighted by atomic mass is 15.2. The van der Waals surface area contributed by atoms with Gasteiger partial charge in [0.15, 0.2) is 0 Å². The lowest BCUT2D eigenvalue weighted by Crippen LogP contribution is -2.43. The van der Waals surface area contributed by atoms with E-state index in [1.165, 1.54) is 13.0 Å². The van der Waals surface area contributed by atoms with E-state index < -0.39 is 0 Å². The molecule has 0 radical (unpaired) electrons. The molecule has 0 amide bonds. The van der Waals surface area contributed by atoms with Crippen molar-refractivity contribution >= 4 is 0 Å². The molecule has 0 aromatic heterocycles. The molecular formula is C11H20N2. The molecule has 1 saturated heterocycles. The van der Waals surface area contributed by atoms with Crippen molar-refractivity contribution in [3.05, 3.63) is 0 Å². The van der Waals surface area contributed by atoms with Crippen LogP contribution in [0.25, 0.3) is 0 Å². The summed E-state index contributed by atoms with van der Waals surface area (Å²) >= 11 is 0. The lowest BCUT2D eigenvalue weighted by molar-refractivity contribution is 0.122. The van der Waals surface area contributed by atoms with Crippen molar-refractivity contribution in [2.24, 2.45) is 11.8 Å². The van der Waals surface area contributed by atoms with Gasteiger partial charge in [-0.25, -0.2) is 0 Å². The summed E-state index contributed by atoms with van der Waals surface area (Å²) in [6, 6.07) is 3.01. The average Bonchev–Trinajstić information content (AvgIpc) is 2.16. The zero-order valence-electron chi connectivity index (χ0n) is 8.95. The van der Waals surface area contributed by atoms with Gasteiger partial charge in [0.25, 0.3) is 0 Å². The molecule has 2 heteroatoms. The van der Waals surface area contributed by atoms with E-state index in [1.807, 2.05) is 0 Å². The first-order chi connectivity index (χ1) is 6.15. The van der Waals surface area contributed by atoms with E-state index in [0.29, 0.717) is 12.0 Å². The minimum atomic E-state index is 0.273. The highest BCUT2D eigenvalue weighted by Gasteiger charge is 2.24. The smallest absolute Gasteiger partial charge is 0.0669 e. The Hall–Kier alpha value is -0.550. The van der Waals surface area contributed by atoms with Crippen LogP contribution >= 0.6 is 0 Å². The van der Waals surface area contributed by atoms with Crippen LogP contribution in [-0.2, 0) is 0 Å². The number of rotatable bonds is 2. The van der Waals surface area contributed by atoms with Crippen LogP contribution in [0.4, 0.5) is 0 Å². The third kappa shape index (κ3) is 2.70. The van der Waals surface area contributed by atoms with Crippen LogP contribution in [0.15, 0.2) is 0 Å². The fraction of sp³-hybridized carbons (Fsp3) is 0.909. The molecule has 1 aliphatic rings. The van der Waals surface area contributed by atoms with Gasteiger partial charge in [-0.3, -0.25) is 4.90 Å². The fourth-order valence-corrected chi connectivity index (χ4v) is 1.90. The van der Waals surface area contributed by atoms with Crippen LogP contribution < -0.4 is 0 Å². The Balaban J connectivity index is 2.47. The van der Waals surface area contributed by atoms with Crippen molar-refractivity contribution in [3.8, 4) is 6.07 Å². The maximum absolute atomic E-state index is 8.85. The van der Waals surface area contributed by atoms with E-state index >= 15 is 0 Å². The SMILES string of the molecule is CC(C)C(C)N1CCCC(C#N)C1. The van der Waals surface area contributed by atoms with Crippen molar-refractivity contribution in [1.29, 1.82) is 5.26 Å². The first-order valence-electron chi connectivity index (χ1n) is 5.28. The van der Waals surface area contributed by atoms with Crippen molar-refractivity contribution < 1.29 is 0 Å². The number of piperidine rings is 1. The minimum absolute atomic E-state index is 0.273. The van der Waals surface area contributed by atoms with Crippen LogP contribution in [0.3, 0.4) is 0 Å². The molecule has 2 unspecified atom stereocenters. The summed E-state index contributed by atoms with van der Waals surface area (Å²) < 4.78 is 0. The molecule has 1 rings (SSSR count). The molecule has 1 fully saturated rings. The molecule has 0 saturated carbocycles. The maximum atomic E-state index is 8.85. The summed E-state index contributed by atoms with van der Waals surface area (Å²) in [5.41, 5.74) is 0. The van der Waals surface area contributed by atoms with E-state index in [0.717, 1.165) is 13.0 Å². The molecule has 0 bridgehead atoms. The van der Waals surface area contributed by atoms with Gasteiger partial charge in [-0.05, 0) is 32.2 Å². The highest BCUT2D eigenvalue weighted by molar-refractivity contribution is 4.90. The first-order valence-corrected chi connectivity index (χ1v) is 5.28. The lowest BCUT2D eigenvalue weighted by atomic mass is 9.95. The zero-order valence-corrected chi connectivity index (χ0v) is 8.95. The second-order valence-electron chi connectivity index (χ2n) is 4.45. The number of nitrogens with zero attached hydrogens (tertiary/aromatic N) is 2. The molecule has 74 valence electrons. The molecule has 2 nitrogen and oxygen atoms in total. The van der Waals surface area contributed by atoms with E-state index in [4.69, 9.17) is 5.26 Å². The predicted molar refractivity (Wildman–Crippen MR) is 54.2 cm³/mol. The second-order valence-corrected chi connectivity index (χ2v) is 4.45. The molecule has 0 aromatic rings. The summed E-state index contributed by atoms with van der Waals surface area (Å²) in [4.78, 5) is 2.46. The third-order valence-corrected chi connectivity index (χ3v) is 3.18. The minimum Gasteiger partial charge on any atom is -0.299 e. The van der Waals surface area contributed by atoms with Crippen LogP contribution in [0, 0.1) is 23.2 Å². The Morgan fingerprint density at radius 2 is 2.08 bits per heavy atom. The predicted octanol–water partition coefficient (Wildman–Crippen LogP) is 2.27. The van der Waals surface area contributed by atoms with Gasteiger partial charge in [0.2, 0.25) is 0 Å². The molecule has 2 atom stereocenters. The van der Waals surface area contributed by atoms with E-state index in [-0.39, 0.29) is 5.92 Å². The Morgan fingerprint density at radius 1 is 1.38 bits per heavy atom. The Kier molecular flexibility index (Phi) is 3.74. The van der Waals surface area contributed by atoms with Gasteiger partial charge in [0, 0.05) is 12.6 Å². The third-order valence-electron chi connectivity index (χ3n) is 3.18. The second kappa shape index (κ2) is 4.62. The van der Waals surface area contributed by atoms with Crippen LogP contribution in [0.2, 0.25) is 0 Å². The van der Waals surface area contributed by atoms with Crippen molar-refractivity contribution in [1.82, 2.24) is 4.90 Å². The zero-order chi connectivity index (χ0) is 9.84. The monoisotopic (exact) mass is 180 g/mol. The molecule has 0 N–H and O–H groups in total. The van der Waals surface area contributed by atoms with E-state index in [1.54, 1.807) is 0 Å².